The van der Waals surface area contributed by atoms with Gasteiger partial charge in [0, 0.05) is 29.3 Å². The number of methoxy groups -OCH3 is 1. The fraction of sp³-hybridized carbons (Fsp3) is 0.167. The number of benzene rings is 2. The van der Waals surface area contributed by atoms with Crippen LogP contribution in [-0.2, 0) is 0 Å². The Hall–Kier alpha value is -2.75. The van der Waals surface area contributed by atoms with Gasteiger partial charge in [-0.25, -0.2) is 0 Å². The third kappa shape index (κ3) is 2.44. The van der Waals surface area contributed by atoms with E-state index < -0.39 is 0 Å². The molecule has 0 saturated heterocycles. The average molecular weight is 294 g/mol. The lowest BCUT2D eigenvalue weighted by atomic mass is 10.1. The van der Waals surface area contributed by atoms with Crippen molar-refractivity contribution in [1.82, 2.24) is 4.98 Å². The van der Waals surface area contributed by atoms with E-state index in [-0.39, 0.29) is 5.91 Å². The van der Waals surface area contributed by atoms with Gasteiger partial charge < -0.3 is 14.6 Å². The number of nitrogens with zero attached hydrogens (tertiary/aromatic N) is 1. The van der Waals surface area contributed by atoms with Gasteiger partial charge in [-0.05, 0) is 37.3 Å². The first-order valence-corrected chi connectivity index (χ1v) is 7.26. The molecule has 0 aliphatic heterocycles. The van der Waals surface area contributed by atoms with Crippen molar-refractivity contribution in [2.45, 2.75) is 6.92 Å². The van der Waals surface area contributed by atoms with Gasteiger partial charge in [0.15, 0.2) is 0 Å². The first-order chi connectivity index (χ1) is 10.7. The van der Waals surface area contributed by atoms with Gasteiger partial charge in [0.2, 0.25) is 0 Å². The van der Waals surface area contributed by atoms with E-state index in [1.807, 2.05) is 55.5 Å². The minimum Gasteiger partial charge on any atom is -0.497 e. The molecule has 0 unspecified atom stereocenters. The van der Waals surface area contributed by atoms with Crippen LogP contribution in [0.2, 0.25) is 0 Å². The minimum atomic E-state index is -0.0202. The topological polar surface area (TPSA) is 45.3 Å². The fourth-order valence-electron chi connectivity index (χ4n) is 2.60. The number of fused-ring (bicyclic) bond motifs is 1. The zero-order valence-electron chi connectivity index (χ0n) is 12.7. The van der Waals surface area contributed by atoms with Crippen molar-refractivity contribution < 1.29 is 9.53 Å². The van der Waals surface area contributed by atoms with Gasteiger partial charge in [0.25, 0.3) is 5.91 Å². The normalized spacial score (nSPS) is 10.6. The summed E-state index contributed by atoms with van der Waals surface area (Å²) in [5.74, 6) is 0.720. The Morgan fingerprint density at radius 3 is 2.64 bits per heavy atom. The molecule has 112 valence electrons. The van der Waals surface area contributed by atoms with E-state index in [1.54, 1.807) is 18.2 Å². The second-order valence-electron chi connectivity index (χ2n) is 5.00. The lowest BCUT2D eigenvalue weighted by Gasteiger charge is -2.20. The standard InChI is InChI=1S/C18H18N2O2/c1-3-20(13-7-5-4-6-8-13)18(21)16-12-19-17-10-9-14(22-2)11-15(16)17/h4-12,19H,3H2,1-2H3. The summed E-state index contributed by atoms with van der Waals surface area (Å²) in [5.41, 5.74) is 2.47. The number of anilines is 1. The molecule has 0 saturated carbocycles. The van der Waals surface area contributed by atoms with Gasteiger partial charge in [-0.1, -0.05) is 18.2 Å². The number of carbonyl (C=O) groups excluding carboxylic acids is 1. The van der Waals surface area contributed by atoms with E-state index in [0.717, 1.165) is 22.3 Å². The molecule has 22 heavy (non-hydrogen) atoms. The van der Waals surface area contributed by atoms with Crippen molar-refractivity contribution in [2.75, 3.05) is 18.6 Å². The molecule has 0 atom stereocenters. The highest BCUT2D eigenvalue weighted by Gasteiger charge is 2.19. The van der Waals surface area contributed by atoms with Crippen LogP contribution in [0.15, 0.2) is 54.7 Å². The van der Waals surface area contributed by atoms with Crippen LogP contribution in [0.1, 0.15) is 17.3 Å². The molecule has 0 aliphatic carbocycles. The maximum Gasteiger partial charge on any atom is 0.260 e. The maximum absolute atomic E-state index is 12.9. The second-order valence-corrected chi connectivity index (χ2v) is 5.00. The Morgan fingerprint density at radius 2 is 1.95 bits per heavy atom. The second kappa shape index (κ2) is 5.93. The molecule has 3 aromatic rings. The molecule has 1 aromatic heterocycles. The molecule has 2 aromatic carbocycles. The first kappa shape index (κ1) is 14.2. The molecule has 0 fully saturated rings. The molecular formula is C18H18N2O2. The molecule has 1 heterocycles. The molecular weight excluding hydrogens is 276 g/mol. The molecule has 4 nitrogen and oxygen atoms in total. The van der Waals surface area contributed by atoms with Crippen molar-refractivity contribution in [2.24, 2.45) is 0 Å². The van der Waals surface area contributed by atoms with Crippen molar-refractivity contribution >= 4 is 22.5 Å². The van der Waals surface area contributed by atoms with Gasteiger partial charge in [-0.2, -0.15) is 0 Å². The Morgan fingerprint density at radius 1 is 1.18 bits per heavy atom. The van der Waals surface area contributed by atoms with Crippen LogP contribution in [0.4, 0.5) is 5.69 Å². The molecule has 0 radical (unpaired) electrons. The predicted octanol–water partition coefficient (Wildman–Crippen LogP) is 3.84. The molecule has 1 N–H and O–H groups in total. The third-order valence-electron chi connectivity index (χ3n) is 3.75. The lowest BCUT2D eigenvalue weighted by Crippen LogP contribution is -2.30. The maximum atomic E-state index is 12.9. The number of ether oxygens (including phenoxy) is 1. The van der Waals surface area contributed by atoms with E-state index in [2.05, 4.69) is 4.98 Å². The predicted molar refractivity (Wildman–Crippen MR) is 88.6 cm³/mol. The van der Waals surface area contributed by atoms with Crippen LogP contribution < -0.4 is 9.64 Å². The van der Waals surface area contributed by atoms with Crippen LogP contribution in [0, 0.1) is 0 Å². The number of nitrogens with one attached hydrogen (secondary N) is 1. The summed E-state index contributed by atoms with van der Waals surface area (Å²) in [6, 6.07) is 15.4. The van der Waals surface area contributed by atoms with Crippen molar-refractivity contribution in [3.8, 4) is 5.75 Å². The van der Waals surface area contributed by atoms with E-state index in [4.69, 9.17) is 4.74 Å². The largest absolute Gasteiger partial charge is 0.497 e. The Bertz CT molecular complexity index is 793. The summed E-state index contributed by atoms with van der Waals surface area (Å²) in [5, 5.41) is 0.874. The van der Waals surface area contributed by atoms with Crippen LogP contribution in [-0.4, -0.2) is 24.5 Å². The molecule has 1 amide bonds. The summed E-state index contributed by atoms with van der Waals surface area (Å²) in [4.78, 5) is 17.8. The number of aromatic amines is 1. The quantitative estimate of drug-likeness (QED) is 0.794. The van der Waals surface area contributed by atoms with Gasteiger partial charge in [-0.3, -0.25) is 4.79 Å². The molecule has 4 heteroatoms. The molecule has 3 rings (SSSR count). The highest BCUT2D eigenvalue weighted by atomic mass is 16.5. The number of H-pyrrole nitrogens is 1. The van der Waals surface area contributed by atoms with Crippen LogP contribution in [0.3, 0.4) is 0 Å². The third-order valence-corrected chi connectivity index (χ3v) is 3.75. The monoisotopic (exact) mass is 294 g/mol. The number of para-hydroxylation sites is 1. The fourth-order valence-corrected chi connectivity index (χ4v) is 2.60. The number of aromatic nitrogens is 1. The number of hydrogen-bond donors (Lipinski definition) is 1. The summed E-state index contributed by atoms with van der Waals surface area (Å²) < 4.78 is 5.26. The molecule has 0 bridgehead atoms. The SMILES string of the molecule is CCN(C(=O)c1c[nH]c2ccc(OC)cc12)c1ccccc1. The van der Waals surface area contributed by atoms with Crippen molar-refractivity contribution in [3.63, 3.8) is 0 Å². The van der Waals surface area contributed by atoms with Gasteiger partial charge in [-0.15, -0.1) is 0 Å². The van der Waals surface area contributed by atoms with E-state index in [1.165, 1.54) is 0 Å². The average Bonchev–Trinajstić information content (AvgIpc) is 2.99. The number of rotatable bonds is 4. The summed E-state index contributed by atoms with van der Waals surface area (Å²) in [6.07, 6.45) is 1.76. The van der Waals surface area contributed by atoms with Crippen molar-refractivity contribution in [3.05, 3.63) is 60.3 Å². The first-order valence-electron chi connectivity index (χ1n) is 7.26. The van der Waals surface area contributed by atoms with Gasteiger partial charge in [0.1, 0.15) is 5.75 Å². The molecule has 0 spiro atoms. The van der Waals surface area contributed by atoms with E-state index in [9.17, 15) is 4.79 Å². The highest BCUT2D eigenvalue weighted by molar-refractivity contribution is 6.14. The van der Waals surface area contributed by atoms with Crippen LogP contribution in [0.5, 0.6) is 5.75 Å². The molecule has 0 aliphatic rings. The smallest absolute Gasteiger partial charge is 0.260 e. The minimum absolute atomic E-state index is 0.0202. The zero-order chi connectivity index (χ0) is 15.5. The van der Waals surface area contributed by atoms with Gasteiger partial charge in [0.05, 0.1) is 12.7 Å². The zero-order valence-corrected chi connectivity index (χ0v) is 12.7. The van der Waals surface area contributed by atoms with Crippen molar-refractivity contribution in [1.29, 1.82) is 0 Å². The van der Waals surface area contributed by atoms with Crippen LogP contribution in [0.25, 0.3) is 10.9 Å². The van der Waals surface area contributed by atoms with E-state index in [0.29, 0.717) is 12.1 Å². The van der Waals surface area contributed by atoms with E-state index >= 15 is 0 Å². The summed E-state index contributed by atoms with van der Waals surface area (Å²) in [7, 11) is 1.62. The Labute approximate surface area is 129 Å². The van der Waals surface area contributed by atoms with Crippen LogP contribution >= 0.6 is 0 Å². The Balaban J connectivity index is 2.04. The number of hydrogen-bond acceptors (Lipinski definition) is 2. The summed E-state index contributed by atoms with van der Waals surface area (Å²) >= 11 is 0. The Kier molecular flexibility index (Phi) is 3.83. The number of carbonyl (C=O) groups is 1. The highest BCUT2D eigenvalue weighted by Crippen LogP contribution is 2.26. The summed E-state index contributed by atoms with van der Waals surface area (Å²) in [6.45, 7) is 2.58. The lowest BCUT2D eigenvalue weighted by molar-refractivity contribution is 0.0990. The van der Waals surface area contributed by atoms with Gasteiger partial charge >= 0.3 is 0 Å². The number of amides is 1.